The number of carbonyl (C=O) groups is 1. The van der Waals surface area contributed by atoms with Crippen molar-refractivity contribution in [3.63, 3.8) is 0 Å². The maximum atomic E-state index is 11.9. The lowest BCUT2D eigenvalue weighted by atomic mass is 10.2. The van der Waals surface area contributed by atoms with Crippen LogP contribution in [0.5, 0.6) is 0 Å². The molecule has 1 atom stereocenters. The van der Waals surface area contributed by atoms with Gasteiger partial charge in [0, 0.05) is 0 Å². The van der Waals surface area contributed by atoms with Crippen molar-refractivity contribution < 1.29 is 14.0 Å². The zero-order valence-electron chi connectivity index (χ0n) is 13.6. The Balaban J connectivity index is 4.56. The fourth-order valence-corrected chi connectivity index (χ4v) is 2.08. The lowest BCUT2D eigenvalue weighted by molar-refractivity contribution is -0.158. The summed E-state index contributed by atoms with van der Waals surface area (Å²) in [5, 5.41) is 0.0973. The van der Waals surface area contributed by atoms with Crippen molar-refractivity contribution in [2.75, 3.05) is 6.61 Å². The third-order valence-electron chi connectivity index (χ3n) is 3.31. The molecule has 0 heterocycles. The monoisotopic (exact) mass is 290 g/mol. The van der Waals surface area contributed by atoms with Gasteiger partial charge in [-0.15, -0.1) is 0 Å². The van der Waals surface area contributed by atoms with E-state index in [4.69, 9.17) is 15.0 Å². The quantitative estimate of drug-likeness (QED) is 0.351. The van der Waals surface area contributed by atoms with E-state index in [0.29, 0.717) is 0 Å². The van der Waals surface area contributed by atoms with Crippen LogP contribution in [0.25, 0.3) is 0 Å². The van der Waals surface area contributed by atoms with Crippen molar-refractivity contribution in [3.8, 4) is 0 Å². The first kappa shape index (κ1) is 18.6. The lowest BCUT2D eigenvalue weighted by Gasteiger charge is -2.37. The zero-order chi connectivity index (χ0) is 15.5. The summed E-state index contributed by atoms with van der Waals surface area (Å²) < 4.78 is 11.3. The summed E-state index contributed by atoms with van der Waals surface area (Å²) in [7, 11) is -1.89. The summed E-state index contributed by atoms with van der Waals surface area (Å²) in [5.41, 5.74) is 1.95. The molecule has 114 valence electrons. The van der Waals surface area contributed by atoms with Gasteiger partial charge < -0.3 is 9.16 Å². The van der Waals surface area contributed by atoms with E-state index in [9.17, 15) is 4.79 Å². The van der Waals surface area contributed by atoms with Gasteiger partial charge in [-0.05, 0) is 38.9 Å². The van der Waals surface area contributed by atoms with Crippen LogP contribution in [0.15, 0.2) is 0 Å². The molecule has 0 aliphatic heterocycles. The Morgan fingerprint density at radius 3 is 2.00 bits per heavy atom. The molecule has 0 aromatic heterocycles. The standard InChI is InChI=1S/C13H30N2O3Si/c1-12(2,3)18-11(16)10(15-14)9-17-19(7,8)13(4,5)6/h10,15H,9,14H2,1-8H3. The minimum absolute atomic E-state index is 0.0973. The number of rotatable bonds is 5. The van der Waals surface area contributed by atoms with Gasteiger partial charge in [0.15, 0.2) is 8.32 Å². The van der Waals surface area contributed by atoms with Gasteiger partial charge in [-0.25, -0.2) is 5.43 Å². The largest absolute Gasteiger partial charge is 0.459 e. The number of nitrogens with two attached hydrogens (primary N) is 1. The predicted molar refractivity (Wildman–Crippen MR) is 80.1 cm³/mol. The molecule has 0 radical (unpaired) electrons. The van der Waals surface area contributed by atoms with Gasteiger partial charge in [-0.2, -0.15) is 0 Å². The molecule has 0 aliphatic rings. The minimum Gasteiger partial charge on any atom is -0.459 e. The number of ether oxygens (including phenoxy) is 1. The number of carbonyl (C=O) groups excluding carboxylic acids is 1. The molecule has 0 aromatic carbocycles. The summed E-state index contributed by atoms with van der Waals surface area (Å²) in [5.74, 6) is 5.03. The average molecular weight is 290 g/mol. The predicted octanol–water partition coefficient (Wildman–Crippen LogP) is 2.18. The van der Waals surface area contributed by atoms with E-state index in [2.05, 4.69) is 39.3 Å². The smallest absolute Gasteiger partial charge is 0.327 e. The first-order chi connectivity index (χ1) is 8.30. The Bertz CT molecular complexity index is 306. The van der Waals surface area contributed by atoms with E-state index < -0.39 is 20.0 Å². The normalized spacial score (nSPS) is 15.2. The van der Waals surface area contributed by atoms with Crippen LogP contribution < -0.4 is 11.3 Å². The highest BCUT2D eigenvalue weighted by Gasteiger charge is 2.38. The van der Waals surface area contributed by atoms with Gasteiger partial charge in [0.2, 0.25) is 0 Å². The molecule has 3 N–H and O–H groups in total. The second-order valence-electron chi connectivity index (χ2n) is 7.32. The maximum Gasteiger partial charge on any atom is 0.327 e. The molecule has 0 spiro atoms. The molecular weight excluding hydrogens is 260 g/mol. The van der Waals surface area contributed by atoms with Crippen LogP contribution in [-0.4, -0.2) is 32.5 Å². The summed E-state index contributed by atoms with van der Waals surface area (Å²) in [6.45, 7) is 16.4. The maximum absolute atomic E-state index is 11.9. The van der Waals surface area contributed by atoms with Gasteiger partial charge in [-0.3, -0.25) is 10.6 Å². The topological polar surface area (TPSA) is 73.6 Å². The molecule has 1 unspecified atom stereocenters. The summed E-state index contributed by atoms with van der Waals surface area (Å²) >= 11 is 0. The van der Waals surface area contributed by atoms with Crippen molar-refractivity contribution in [2.24, 2.45) is 5.84 Å². The van der Waals surface area contributed by atoms with Crippen molar-refractivity contribution in [3.05, 3.63) is 0 Å². The van der Waals surface area contributed by atoms with Crippen LogP contribution >= 0.6 is 0 Å². The van der Waals surface area contributed by atoms with E-state index in [1.165, 1.54) is 0 Å². The van der Waals surface area contributed by atoms with Crippen molar-refractivity contribution in [1.29, 1.82) is 0 Å². The van der Waals surface area contributed by atoms with Crippen LogP contribution in [-0.2, 0) is 14.0 Å². The van der Waals surface area contributed by atoms with Gasteiger partial charge in [0.25, 0.3) is 0 Å². The molecule has 0 aliphatic carbocycles. The number of hydrazine groups is 1. The zero-order valence-corrected chi connectivity index (χ0v) is 14.6. The third kappa shape index (κ3) is 6.51. The number of hydrogen-bond acceptors (Lipinski definition) is 5. The molecule has 0 saturated carbocycles. The molecule has 0 bridgehead atoms. The van der Waals surface area contributed by atoms with Crippen LogP contribution in [0.1, 0.15) is 41.5 Å². The lowest BCUT2D eigenvalue weighted by Crippen LogP contribution is -2.51. The van der Waals surface area contributed by atoms with Crippen molar-refractivity contribution in [1.82, 2.24) is 5.43 Å². The van der Waals surface area contributed by atoms with Crippen LogP contribution in [0.2, 0.25) is 18.1 Å². The fraction of sp³-hybridized carbons (Fsp3) is 0.923. The Kier molecular flexibility index (Phi) is 6.20. The number of esters is 1. The van der Waals surface area contributed by atoms with Gasteiger partial charge in [0.1, 0.15) is 11.6 Å². The molecular formula is C13H30N2O3Si. The fourth-order valence-electron chi connectivity index (χ4n) is 1.07. The van der Waals surface area contributed by atoms with Crippen LogP contribution in [0.4, 0.5) is 0 Å². The Hall–Kier alpha value is -0.433. The van der Waals surface area contributed by atoms with Crippen LogP contribution in [0, 0.1) is 0 Å². The molecule has 0 rings (SSSR count). The Morgan fingerprint density at radius 1 is 1.21 bits per heavy atom. The molecule has 0 saturated heterocycles. The highest BCUT2D eigenvalue weighted by atomic mass is 28.4. The van der Waals surface area contributed by atoms with Crippen molar-refractivity contribution in [2.45, 2.75) is 71.3 Å². The molecule has 0 fully saturated rings. The van der Waals surface area contributed by atoms with E-state index in [0.717, 1.165) is 0 Å². The molecule has 5 nitrogen and oxygen atoms in total. The first-order valence-corrected chi connectivity index (χ1v) is 9.54. The van der Waals surface area contributed by atoms with Gasteiger partial charge >= 0.3 is 5.97 Å². The molecule has 0 amide bonds. The second-order valence-corrected chi connectivity index (χ2v) is 12.1. The summed E-state index contributed by atoms with van der Waals surface area (Å²) in [4.78, 5) is 11.9. The van der Waals surface area contributed by atoms with Gasteiger partial charge in [0.05, 0.1) is 6.61 Å². The van der Waals surface area contributed by atoms with Crippen LogP contribution in [0.3, 0.4) is 0 Å². The average Bonchev–Trinajstić information content (AvgIpc) is 2.13. The van der Waals surface area contributed by atoms with Crippen molar-refractivity contribution >= 4 is 14.3 Å². The Morgan fingerprint density at radius 2 is 1.68 bits per heavy atom. The minimum atomic E-state index is -1.89. The highest BCUT2D eigenvalue weighted by Crippen LogP contribution is 2.36. The Labute approximate surface area is 118 Å². The van der Waals surface area contributed by atoms with E-state index in [-0.39, 0.29) is 17.6 Å². The second kappa shape index (κ2) is 6.34. The van der Waals surface area contributed by atoms with E-state index in [1.54, 1.807) is 0 Å². The molecule has 19 heavy (non-hydrogen) atoms. The third-order valence-corrected chi connectivity index (χ3v) is 7.81. The SMILES string of the molecule is CC(C)(C)OC(=O)C(CO[Si](C)(C)C(C)(C)C)NN. The highest BCUT2D eigenvalue weighted by molar-refractivity contribution is 6.74. The van der Waals surface area contributed by atoms with Gasteiger partial charge in [-0.1, -0.05) is 20.8 Å². The summed E-state index contributed by atoms with van der Waals surface area (Å²) in [6, 6.07) is -0.631. The van der Waals surface area contributed by atoms with E-state index >= 15 is 0 Å². The number of hydrogen-bond donors (Lipinski definition) is 2. The van der Waals surface area contributed by atoms with E-state index in [1.807, 2.05) is 20.8 Å². The summed E-state index contributed by atoms with van der Waals surface area (Å²) in [6.07, 6.45) is 0. The first-order valence-electron chi connectivity index (χ1n) is 6.63. The molecule has 0 aromatic rings. The molecule has 6 heteroatoms. The number of nitrogens with one attached hydrogen (secondary N) is 1.